The molecule has 0 spiro atoms. The number of benzene rings is 1. The van der Waals surface area contributed by atoms with Gasteiger partial charge in [0, 0.05) is 21.1 Å². The molecule has 1 aliphatic heterocycles. The summed E-state index contributed by atoms with van der Waals surface area (Å²) in [5, 5.41) is 0. The summed E-state index contributed by atoms with van der Waals surface area (Å²) in [6.45, 7) is -6.33. The molecule has 74 valence electrons. The van der Waals surface area contributed by atoms with E-state index in [1.165, 1.54) is 0 Å². The van der Waals surface area contributed by atoms with Crippen LogP contribution in [0.15, 0.2) is 30.3 Å². The second-order valence-corrected chi connectivity index (χ2v) is 2.87. The molecule has 1 fully saturated rings. The van der Waals surface area contributed by atoms with Gasteiger partial charge in [-0.2, -0.15) is 0 Å². The fraction of sp³-hybridized carbons (Fsp3) is 0.417. The number of carbonyl (C=O) groups is 1. The molecule has 1 aromatic rings. The van der Waals surface area contributed by atoms with Crippen LogP contribution in [-0.2, 0) is 11.3 Å². The van der Waals surface area contributed by atoms with Crippen molar-refractivity contribution in [1.29, 1.82) is 0 Å². The Morgan fingerprint density at radius 1 is 1.36 bits per heavy atom. The third-order valence-corrected chi connectivity index (χ3v) is 1.79. The van der Waals surface area contributed by atoms with E-state index in [1.807, 2.05) is 0 Å². The lowest BCUT2D eigenvalue weighted by atomic mass is 10.1. The van der Waals surface area contributed by atoms with E-state index in [0.29, 0.717) is 10.5 Å². The molecule has 0 aliphatic carbocycles. The van der Waals surface area contributed by atoms with E-state index >= 15 is 0 Å². The van der Waals surface area contributed by atoms with E-state index < -0.39 is 31.5 Å². The van der Waals surface area contributed by atoms with Crippen LogP contribution in [0, 0.1) is 0 Å². The van der Waals surface area contributed by atoms with Crippen LogP contribution < -0.4 is 0 Å². The van der Waals surface area contributed by atoms with Crippen molar-refractivity contribution in [3.63, 3.8) is 0 Å². The predicted molar refractivity (Wildman–Crippen MR) is 56.0 cm³/mol. The van der Waals surface area contributed by atoms with Crippen LogP contribution in [0.5, 0.6) is 0 Å². The molecule has 2 heteroatoms. The summed E-state index contributed by atoms with van der Waals surface area (Å²) in [5.74, 6) is -1.61. The number of hydrogen-bond acceptors (Lipinski definition) is 2. The highest BCUT2D eigenvalue weighted by atomic mass is 16.1. The van der Waals surface area contributed by atoms with Crippen LogP contribution in [0.2, 0.25) is 0 Å². The average Bonchev–Trinajstić information content (AvgIpc) is 2.43. The van der Waals surface area contributed by atoms with Crippen molar-refractivity contribution >= 4 is 5.78 Å². The molecule has 0 amide bonds. The summed E-state index contributed by atoms with van der Waals surface area (Å²) in [5.41, 5.74) is 0.487. The van der Waals surface area contributed by atoms with Crippen molar-refractivity contribution in [2.45, 2.75) is 19.3 Å². The van der Waals surface area contributed by atoms with Gasteiger partial charge in [-0.25, -0.2) is 0 Å². The van der Waals surface area contributed by atoms with Crippen LogP contribution in [0.25, 0.3) is 0 Å². The van der Waals surface area contributed by atoms with Gasteiger partial charge >= 0.3 is 0 Å². The molecular weight excluding hydrogens is 174 g/mol. The summed E-state index contributed by atoms with van der Waals surface area (Å²) < 4.78 is 62.0. The number of likely N-dealkylation sites (tertiary alicyclic amines) is 1. The van der Waals surface area contributed by atoms with Gasteiger partial charge in [0.15, 0.2) is 0 Å². The largest absolute Gasteiger partial charge is 0.298 e. The van der Waals surface area contributed by atoms with Crippen molar-refractivity contribution in [3.8, 4) is 0 Å². The first-order valence-electron chi connectivity index (χ1n) is 8.23. The highest BCUT2D eigenvalue weighted by Gasteiger charge is 2.16. The second kappa shape index (κ2) is 4.38. The third kappa shape index (κ3) is 2.42. The monoisotopic (exact) mass is 197 g/mol. The molecule has 0 radical (unpaired) electrons. The van der Waals surface area contributed by atoms with E-state index in [0.717, 1.165) is 0 Å². The van der Waals surface area contributed by atoms with Crippen molar-refractivity contribution in [3.05, 3.63) is 35.9 Å². The minimum Gasteiger partial charge on any atom is -0.298 e. The highest BCUT2D eigenvalue weighted by molar-refractivity contribution is 5.81. The van der Waals surface area contributed by atoms with Gasteiger partial charge in [-0.05, 0) is 18.4 Å². The number of hydrogen-bond donors (Lipinski definition) is 0. The lowest BCUT2D eigenvalue weighted by Gasteiger charge is -2.25. The van der Waals surface area contributed by atoms with Crippen LogP contribution in [0.1, 0.15) is 29.3 Å². The van der Waals surface area contributed by atoms with Crippen molar-refractivity contribution < 1.29 is 15.8 Å². The fourth-order valence-corrected chi connectivity index (χ4v) is 1.18. The van der Waals surface area contributed by atoms with Gasteiger partial charge in [-0.3, -0.25) is 9.69 Å². The number of Topliss-reactive ketones (excluding diaryl/α,β-unsaturated/α-hetero) is 1. The van der Waals surface area contributed by atoms with E-state index in [4.69, 9.17) is 11.0 Å². The molecule has 0 bridgehead atoms. The molecule has 1 aliphatic rings. The Hall–Kier alpha value is -1.15. The summed E-state index contributed by atoms with van der Waals surface area (Å²) in [6, 6.07) is 8.21. The molecular formula is C12H15NO. The summed E-state index contributed by atoms with van der Waals surface area (Å²) >= 11 is 0. The first-order valence-corrected chi connectivity index (χ1v) is 4.23. The Morgan fingerprint density at radius 2 is 2.14 bits per heavy atom. The first kappa shape index (κ1) is 3.78. The van der Waals surface area contributed by atoms with Crippen LogP contribution in [0.3, 0.4) is 0 Å². The van der Waals surface area contributed by atoms with Gasteiger partial charge in [0.25, 0.3) is 0 Å². The summed E-state index contributed by atoms with van der Waals surface area (Å²) in [6.07, 6.45) is -6.47. The van der Waals surface area contributed by atoms with Gasteiger partial charge in [0.2, 0.25) is 0 Å². The van der Waals surface area contributed by atoms with Crippen LogP contribution >= 0.6 is 0 Å². The van der Waals surface area contributed by atoms with E-state index in [-0.39, 0.29) is 6.54 Å². The normalized spacial score (nSPS) is 41.3. The zero-order chi connectivity index (χ0) is 17.0. The summed E-state index contributed by atoms with van der Waals surface area (Å²) in [7, 11) is 0. The molecule has 2 rings (SSSR count). The smallest absolute Gasteiger partial charge is 0.146 e. The molecule has 14 heavy (non-hydrogen) atoms. The molecule has 1 aromatic carbocycles. The van der Waals surface area contributed by atoms with Crippen molar-refractivity contribution in [2.24, 2.45) is 0 Å². The Bertz CT molecular complexity index is 586. The molecule has 1 saturated heterocycles. The molecule has 0 unspecified atom stereocenters. The number of rotatable bonds is 2. The Balaban J connectivity index is 2.54. The zero-order valence-corrected chi connectivity index (χ0v) is 7.45. The zero-order valence-electron chi connectivity index (χ0n) is 15.4. The number of carbonyl (C=O) groups excluding carboxylic acids is 1. The lowest BCUT2D eigenvalue weighted by Crippen LogP contribution is -2.34. The molecule has 0 atom stereocenters. The second-order valence-electron chi connectivity index (χ2n) is 2.87. The Labute approximate surface area is 95.8 Å². The van der Waals surface area contributed by atoms with Gasteiger partial charge in [0.1, 0.15) is 5.78 Å². The standard InChI is InChI=1S/C12H15NO/c14-12-7-4-8-13(10-12)9-11-5-2-1-3-6-11/h1-3,5-6H,4,7-10H2/i4D2,7D2,8D2,10D2. The number of piperidine rings is 1. The van der Waals surface area contributed by atoms with E-state index in [9.17, 15) is 4.79 Å². The SMILES string of the molecule is [2H]C1([2H])C(=O)C([2H])([2H])C([2H])([2H])C([2H])([2H])N1Cc1ccccc1. The quantitative estimate of drug-likeness (QED) is 0.721. The average molecular weight is 197 g/mol. The maximum Gasteiger partial charge on any atom is 0.146 e. The number of nitrogens with zero attached hydrogens (tertiary/aromatic N) is 1. The molecule has 0 saturated carbocycles. The minimum atomic E-state index is -3.27. The van der Waals surface area contributed by atoms with Crippen molar-refractivity contribution in [2.75, 3.05) is 13.0 Å². The van der Waals surface area contributed by atoms with Crippen LogP contribution in [0.4, 0.5) is 0 Å². The summed E-state index contributed by atoms with van der Waals surface area (Å²) in [4.78, 5) is 12.5. The highest BCUT2D eigenvalue weighted by Crippen LogP contribution is 2.10. The predicted octanol–water partition coefficient (Wildman–Crippen LogP) is 1.85. The molecule has 0 N–H and O–H groups in total. The Morgan fingerprint density at radius 3 is 2.93 bits per heavy atom. The van der Waals surface area contributed by atoms with E-state index in [2.05, 4.69) is 0 Å². The molecule has 2 nitrogen and oxygen atoms in total. The minimum absolute atomic E-state index is 0.359. The topological polar surface area (TPSA) is 20.3 Å². The van der Waals surface area contributed by atoms with Gasteiger partial charge in [-0.1, -0.05) is 30.3 Å². The maximum atomic E-state index is 12.1. The third-order valence-electron chi connectivity index (χ3n) is 1.79. The number of ketones is 1. The Kier molecular flexibility index (Phi) is 1.18. The first-order chi connectivity index (χ1) is 9.87. The van der Waals surface area contributed by atoms with Gasteiger partial charge < -0.3 is 0 Å². The van der Waals surface area contributed by atoms with E-state index in [1.54, 1.807) is 30.3 Å². The maximum absolute atomic E-state index is 12.1. The fourth-order valence-electron chi connectivity index (χ4n) is 1.18. The van der Waals surface area contributed by atoms with Gasteiger partial charge in [-0.15, -0.1) is 0 Å². The lowest BCUT2D eigenvalue weighted by molar-refractivity contribution is -0.122. The van der Waals surface area contributed by atoms with Crippen molar-refractivity contribution in [1.82, 2.24) is 4.90 Å². The van der Waals surface area contributed by atoms with Crippen LogP contribution in [-0.4, -0.2) is 23.7 Å². The molecule has 1 heterocycles. The molecule has 0 aromatic heterocycles. The van der Waals surface area contributed by atoms with Gasteiger partial charge in [0.05, 0.1) is 9.24 Å².